The van der Waals surface area contributed by atoms with Crippen LogP contribution in [-0.4, -0.2) is 46.3 Å². The minimum Gasteiger partial charge on any atom is -0.336 e. The van der Waals surface area contributed by atoms with Crippen molar-refractivity contribution in [1.82, 2.24) is 15.1 Å². The lowest BCUT2D eigenvalue weighted by atomic mass is 9.88. The van der Waals surface area contributed by atoms with Crippen molar-refractivity contribution in [2.24, 2.45) is 0 Å². The fourth-order valence-electron chi connectivity index (χ4n) is 3.90. The summed E-state index contributed by atoms with van der Waals surface area (Å²) >= 11 is 5.89. The van der Waals surface area contributed by atoms with E-state index in [0.29, 0.717) is 24.4 Å². The van der Waals surface area contributed by atoms with Gasteiger partial charge in [-0.1, -0.05) is 29.8 Å². The number of amides is 4. The van der Waals surface area contributed by atoms with Crippen LogP contribution in [0.25, 0.3) is 0 Å². The SMILES string of the molecule is O=C(c1cccc(F)c1)N1CCC[C@@]2(C1)NC(=O)N(Cc1ccc(Cl)cc1)C2=O. The molecule has 0 bridgehead atoms. The third-order valence-corrected chi connectivity index (χ3v) is 5.60. The Balaban J connectivity index is 1.53. The number of halogens is 2. The van der Waals surface area contributed by atoms with Crippen LogP contribution < -0.4 is 5.32 Å². The van der Waals surface area contributed by atoms with Crippen molar-refractivity contribution < 1.29 is 18.8 Å². The summed E-state index contributed by atoms with van der Waals surface area (Å²) in [5, 5.41) is 3.36. The normalized spacial score (nSPS) is 21.6. The first kappa shape index (κ1) is 19.4. The van der Waals surface area contributed by atoms with E-state index in [1.54, 1.807) is 24.3 Å². The molecule has 4 amide bonds. The number of hydrogen-bond donors (Lipinski definition) is 1. The molecule has 2 fully saturated rings. The molecule has 0 aromatic heterocycles. The minimum atomic E-state index is -1.15. The lowest BCUT2D eigenvalue weighted by molar-refractivity contribution is -0.133. The quantitative estimate of drug-likeness (QED) is 0.782. The van der Waals surface area contributed by atoms with Gasteiger partial charge in [-0.2, -0.15) is 0 Å². The maximum atomic E-state index is 13.5. The van der Waals surface area contributed by atoms with Crippen molar-refractivity contribution >= 4 is 29.4 Å². The zero-order valence-electron chi connectivity index (χ0n) is 15.5. The molecule has 29 heavy (non-hydrogen) atoms. The van der Waals surface area contributed by atoms with E-state index in [9.17, 15) is 18.8 Å². The summed E-state index contributed by atoms with van der Waals surface area (Å²) in [4.78, 5) is 41.1. The van der Waals surface area contributed by atoms with Crippen LogP contribution in [0.5, 0.6) is 0 Å². The van der Waals surface area contributed by atoms with E-state index in [4.69, 9.17) is 11.6 Å². The highest BCUT2D eigenvalue weighted by molar-refractivity contribution is 6.30. The molecule has 2 aromatic carbocycles. The summed E-state index contributed by atoms with van der Waals surface area (Å²) in [5.41, 5.74) is -0.152. The van der Waals surface area contributed by atoms with Crippen molar-refractivity contribution in [3.63, 3.8) is 0 Å². The Morgan fingerprint density at radius 1 is 1.17 bits per heavy atom. The van der Waals surface area contributed by atoms with E-state index in [0.717, 1.165) is 5.56 Å². The first-order valence-electron chi connectivity index (χ1n) is 9.31. The fourth-order valence-corrected chi connectivity index (χ4v) is 4.03. The molecule has 1 spiro atoms. The molecule has 0 aliphatic carbocycles. The zero-order chi connectivity index (χ0) is 20.6. The first-order chi connectivity index (χ1) is 13.9. The summed E-state index contributed by atoms with van der Waals surface area (Å²) in [6.45, 7) is 0.628. The maximum Gasteiger partial charge on any atom is 0.325 e. The van der Waals surface area contributed by atoms with E-state index in [-0.39, 0.29) is 30.5 Å². The van der Waals surface area contributed by atoms with Crippen molar-refractivity contribution in [2.75, 3.05) is 13.1 Å². The van der Waals surface area contributed by atoms with E-state index < -0.39 is 17.4 Å². The van der Waals surface area contributed by atoms with Gasteiger partial charge in [0.2, 0.25) is 0 Å². The smallest absolute Gasteiger partial charge is 0.325 e. The van der Waals surface area contributed by atoms with Crippen molar-refractivity contribution in [2.45, 2.75) is 24.9 Å². The van der Waals surface area contributed by atoms with Gasteiger partial charge in [0.1, 0.15) is 11.4 Å². The second-order valence-electron chi connectivity index (χ2n) is 7.37. The molecule has 4 rings (SSSR count). The number of hydrogen-bond acceptors (Lipinski definition) is 3. The van der Waals surface area contributed by atoms with Gasteiger partial charge in [0, 0.05) is 17.1 Å². The first-order valence-corrected chi connectivity index (χ1v) is 9.69. The van der Waals surface area contributed by atoms with Gasteiger partial charge in [-0.15, -0.1) is 0 Å². The molecule has 2 aliphatic rings. The minimum absolute atomic E-state index is 0.0596. The molecule has 0 unspecified atom stereocenters. The number of urea groups is 1. The van der Waals surface area contributed by atoms with E-state index >= 15 is 0 Å². The van der Waals surface area contributed by atoms with Crippen LogP contribution in [0.1, 0.15) is 28.8 Å². The summed E-state index contributed by atoms with van der Waals surface area (Å²) in [5.74, 6) is -1.21. The van der Waals surface area contributed by atoms with Gasteiger partial charge in [-0.05, 0) is 48.7 Å². The molecule has 2 saturated heterocycles. The standard InChI is InChI=1S/C21H19ClFN3O3/c22-16-7-5-14(6-8-16)12-26-19(28)21(24-20(26)29)9-2-10-25(13-21)18(27)15-3-1-4-17(23)11-15/h1,3-8,11H,2,9-10,12-13H2,(H,24,29)/t21-/m0/s1. The number of nitrogens with zero attached hydrogens (tertiary/aromatic N) is 2. The summed E-state index contributed by atoms with van der Waals surface area (Å²) in [7, 11) is 0. The Kier molecular flexibility index (Phi) is 5.00. The summed E-state index contributed by atoms with van der Waals surface area (Å²) < 4.78 is 13.5. The molecular formula is C21H19ClFN3O3. The fraction of sp³-hybridized carbons (Fsp3) is 0.286. The highest BCUT2D eigenvalue weighted by atomic mass is 35.5. The highest BCUT2D eigenvalue weighted by Gasteiger charge is 2.53. The molecule has 2 heterocycles. The Morgan fingerprint density at radius 2 is 1.93 bits per heavy atom. The van der Waals surface area contributed by atoms with Gasteiger partial charge in [0.15, 0.2) is 0 Å². The van der Waals surface area contributed by atoms with Gasteiger partial charge in [-0.25, -0.2) is 9.18 Å². The van der Waals surface area contributed by atoms with Crippen LogP contribution in [0.2, 0.25) is 5.02 Å². The number of piperidine rings is 1. The number of carbonyl (C=O) groups is 3. The molecule has 0 saturated carbocycles. The van der Waals surface area contributed by atoms with Crippen LogP contribution >= 0.6 is 11.6 Å². The number of rotatable bonds is 3. The average Bonchev–Trinajstić information content (AvgIpc) is 2.93. The molecule has 1 atom stereocenters. The van der Waals surface area contributed by atoms with Gasteiger partial charge in [-0.3, -0.25) is 14.5 Å². The third-order valence-electron chi connectivity index (χ3n) is 5.35. The maximum absolute atomic E-state index is 13.5. The van der Waals surface area contributed by atoms with E-state index in [2.05, 4.69) is 5.32 Å². The van der Waals surface area contributed by atoms with Crippen LogP contribution in [0, 0.1) is 5.82 Å². The second kappa shape index (κ2) is 7.48. The molecule has 150 valence electrons. The third kappa shape index (κ3) is 3.70. The average molecular weight is 416 g/mol. The molecule has 0 radical (unpaired) electrons. The molecular weight excluding hydrogens is 397 g/mol. The van der Waals surface area contributed by atoms with Gasteiger partial charge in [0.25, 0.3) is 11.8 Å². The topological polar surface area (TPSA) is 69.7 Å². The van der Waals surface area contributed by atoms with Crippen molar-refractivity contribution in [3.8, 4) is 0 Å². The highest BCUT2D eigenvalue weighted by Crippen LogP contribution is 2.30. The van der Waals surface area contributed by atoms with Crippen LogP contribution in [0.4, 0.5) is 9.18 Å². The van der Waals surface area contributed by atoms with Crippen LogP contribution in [0.15, 0.2) is 48.5 Å². The summed E-state index contributed by atoms with van der Waals surface area (Å²) in [6, 6.07) is 11.9. The van der Waals surface area contributed by atoms with E-state index in [1.165, 1.54) is 34.1 Å². The Hall–Kier alpha value is -2.93. The Labute approximate surface area is 172 Å². The van der Waals surface area contributed by atoms with Gasteiger partial charge < -0.3 is 10.2 Å². The predicted octanol–water partition coefficient (Wildman–Crippen LogP) is 3.21. The van der Waals surface area contributed by atoms with Crippen LogP contribution in [0.3, 0.4) is 0 Å². The number of carbonyl (C=O) groups excluding carboxylic acids is 3. The Bertz CT molecular complexity index is 981. The second-order valence-corrected chi connectivity index (χ2v) is 7.81. The predicted molar refractivity (Wildman–Crippen MR) is 105 cm³/mol. The van der Waals surface area contributed by atoms with E-state index in [1.807, 2.05) is 0 Å². The van der Waals surface area contributed by atoms with Crippen molar-refractivity contribution in [3.05, 3.63) is 70.5 Å². The van der Waals surface area contributed by atoms with Crippen LogP contribution in [-0.2, 0) is 11.3 Å². The molecule has 1 N–H and O–H groups in total. The lowest BCUT2D eigenvalue weighted by Gasteiger charge is -2.38. The number of nitrogens with one attached hydrogen (secondary N) is 1. The van der Waals surface area contributed by atoms with Gasteiger partial charge in [0.05, 0.1) is 13.1 Å². The number of benzene rings is 2. The molecule has 8 heteroatoms. The Morgan fingerprint density at radius 3 is 2.66 bits per heavy atom. The lowest BCUT2D eigenvalue weighted by Crippen LogP contribution is -2.59. The van der Waals surface area contributed by atoms with Gasteiger partial charge >= 0.3 is 6.03 Å². The molecule has 2 aromatic rings. The number of imide groups is 1. The van der Waals surface area contributed by atoms with Crippen molar-refractivity contribution in [1.29, 1.82) is 0 Å². The molecule has 2 aliphatic heterocycles. The largest absolute Gasteiger partial charge is 0.336 e. The monoisotopic (exact) mass is 415 g/mol. The number of likely N-dealkylation sites (tertiary alicyclic amines) is 1. The zero-order valence-corrected chi connectivity index (χ0v) is 16.3. The molecule has 6 nitrogen and oxygen atoms in total. The summed E-state index contributed by atoms with van der Waals surface area (Å²) in [6.07, 6.45) is 1.00.